The van der Waals surface area contributed by atoms with Gasteiger partial charge in [-0.05, 0) is 35.6 Å². The molecule has 0 atom stereocenters. The summed E-state index contributed by atoms with van der Waals surface area (Å²) in [6.07, 6.45) is 6.44. The Morgan fingerprint density at radius 2 is 1.20 bits per heavy atom. The molecule has 125 valence electrons. The Hall–Kier alpha value is -2.34. The van der Waals surface area contributed by atoms with Crippen molar-refractivity contribution in [1.29, 1.82) is 0 Å². The van der Waals surface area contributed by atoms with Crippen LogP contribution in [0.1, 0.15) is 54.7 Å². The minimum Gasteiger partial charge on any atom is -0.0622 e. The number of benzene rings is 3. The smallest absolute Gasteiger partial charge is 0.0186 e. The second kappa shape index (κ2) is 7.27. The van der Waals surface area contributed by atoms with Crippen molar-refractivity contribution in [1.82, 2.24) is 0 Å². The molecule has 1 radical (unpaired) electrons. The fourth-order valence-corrected chi connectivity index (χ4v) is 4.72. The van der Waals surface area contributed by atoms with Gasteiger partial charge in [0.2, 0.25) is 0 Å². The van der Waals surface area contributed by atoms with Gasteiger partial charge in [-0.15, -0.1) is 0 Å². The van der Waals surface area contributed by atoms with Crippen molar-refractivity contribution in [2.45, 2.75) is 43.4 Å². The van der Waals surface area contributed by atoms with Gasteiger partial charge in [-0.2, -0.15) is 0 Å². The highest BCUT2D eigenvalue weighted by atomic mass is 14.5. The standard InChI is InChI=1S/C25H25/c1-5-13-21(14-6-1)24(22-15-7-2-8-16-22)25(19-11-4-12-20-25)23-17-9-3-10-18-23/h1-3,5-10,13-17,24H,4,11-12,19-20H2. The zero-order valence-electron chi connectivity index (χ0n) is 14.7. The molecule has 0 unspecified atom stereocenters. The first-order chi connectivity index (χ1) is 12.4. The molecule has 0 heterocycles. The quantitative estimate of drug-likeness (QED) is 0.512. The first-order valence-corrected chi connectivity index (χ1v) is 9.47. The molecule has 0 aliphatic heterocycles. The first kappa shape index (κ1) is 16.1. The Morgan fingerprint density at radius 1 is 0.640 bits per heavy atom. The van der Waals surface area contributed by atoms with E-state index in [1.807, 2.05) is 0 Å². The molecule has 0 nitrogen and oxygen atoms in total. The molecule has 0 spiro atoms. The van der Waals surface area contributed by atoms with Gasteiger partial charge in [0.1, 0.15) is 0 Å². The van der Waals surface area contributed by atoms with Crippen LogP contribution in [-0.2, 0) is 5.41 Å². The highest BCUT2D eigenvalue weighted by Gasteiger charge is 2.42. The largest absolute Gasteiger partial charge is 0.0622 e. The van der Waals surface area contributed by atoms with E-state index < -0.39 is 0 Å². The summed E-state index contributed by atoms with van der Waals surface area (Å²) in [6.45, 7) is 0. The van der Waals surface area contributed by atoms with Crippen LogP contribution < -0.4 is 0 Å². The summed E-state index contributed by atoms with van der Waals surface area (Å²) < 4.78 is 0. The summed E-state index contributed by atoms with van der Waals surface area (Å²) >= 11 is 0. The molecule has 0 saturated heterocycles. The maximum atomic E-state index is 3.60. The molecule has 0 amide bonds. The van der Waals surface area contributed by atoms with Crippen molar-refractivity contribution in [2.24, 2.45) is 0 Å². The zero-order valence-corrected chi connectivity index (χ0v) is 14.7. The molecule has 3 aromatic rings. The van der Waals surface area contributed by atoms with E-state index >= 15 is 0 Å². The Morgan fingerprint density at radius 3 is 1.72 bits per heavy atom. The van der Waals surface area contributed by atoms with Gasteiger partial charge in [-0.25, -0.2) is 0 Å². The molecular formula is C25H25. The van der Waals surface area contributed by atoms with Crippen LogP contribution in [0.5, 0.6) is 0 Å². The van der Waals surface area contributed by atoms with Crippen LogP contribution in [0.25, 0.3) is 0 Å². The monoisotopic (exact) mass is 325 g/mol. The van der Waals surface area contributed by atoms with E-state index in [0.717, 1.165) is 0 Å². The predicted octanol–water partition coefficient (Wildman–Crippen LogP) is 6.52. The summed E-state index contributed by atoms with van der Waals surface area (Å²) in [5, 5.41) is 0. The van der Waals surface area contributed by atoms with Gasteiger partial charge in [0, 0.05) is 11.3 Å². The van der Waals surface area contributed by atoms with Crippen LogP contribution in [0.2, 0.25) is 0 Å². The van der Waals surface area contributed by atoms with Crippen LogP contribution in [0, 0.1) is 6.07 Å². The maximum absolute atomic E-state index is 3.60. The second-order valence-corrected chi connectivity index (χ2v) is 7.25. The SMILES string of the molecule is [c]1ccccc1C1(C(c2ccccc2)c2ccccc2)CCCCC1. The molecule has 1 fully saturated rings. The van der Waals surface area contributed by atoms with Crippen molar-refractivity contribution in [2.75, 3.05) is 0 Å². The van der Waals surface area contributed by atoms with E-state index in [0.29, 0.717) is 5.92 Å². The summed E-state index contributed by atoms with van der Waals surface area (Å²) in [6, 6.07) is 34.4. The summed E-state index contributed by atoms with van der Waals surface area (Å²) in [4.78, 5) is 0. The molecule has 1 saturated carbocycles. The molecule has 0 heteroatoms. The van der Waals surface area contributed by atoms with Gasteiger partial charge >= 0.3 is 0 Å². The molecule has 0 N–H and O–H groups in total. The Balaban J connectivity index is 1.91. The lowest BCUT2D eigenvalue weighted by Crippen LogP contribution is -2.36. The Labute approximate surface area is 151 Å². The lowest BCUT2D eigenvalue weighted by atomic mass is 9.58. The highest BCUT2D eigenvalue weighted by molar-refractivity contribution is 5.42. The fraction of sp³-hybridized carbons (Fsp3) is 0.280. The maximum Gasteiger partial charge on any atom is 0.0186 e. The summed E-state index contributed by atoms with van der Waals surface area (Å²) in [7, 11) is 0. The second-order valence-electron chi connectivity index (χ2n) is 7.25. The van der Waals surface area contributed by atoms with Gasteiger partial charge in [0.15, 0.2) is 0 Å². The summed E-state index contributed by atoms with van der Waals surface area (Å²) in [5.74, 6) is 0.383. The topological polar surface area (TPSA) is 0 Å². The van der Waals surface area contributed by atoms with E-state index in [2.05, 4.69) is 91.0 Å². The van der Waals surface area contributed by atoms with Gasteiger partial charge in [-0.3, -0.25) is 0 Å². The lowest BCUT2D eigenvalue weighted by Gasteiger charge is -2.45. The number of hydrogen-bond donors (Lipinski definition) is 0. The van der Waals surface area contributed by atoms with E-state index in [1.54, 1.807) is 0 Å². The molecule has 0 bridgehead atoms. The van der Waals surface area contributed by atoms with Crippen molar-refractivity contribution in [3.63, 3.8) is 0 Å². The van der Waals surface area contributed by atoms with Crippen LogP contribution in [0.3, 0.4) is 0 Å². The zero-order chi connectivity index (χ0) is 17.0. The minimum absolute atomic E-state index is 0.141. The number of rotatable bonds is 4. The lowest BCUT2D eigenvalue weighted by molar-refractivity contribution is 0.262. The third-order valence-electron chi connectivity index (χ3n) is 5.81. The van der Waals surface area contributed by atoms with E-state index in [4.69, 9.17) is 0 Å². The Kier molecular flexibility index (Phi) is 4.70. The molecule has 4 rings (SSSR count). The first-order valence-electron chi connectivity index (χ1n) is 9.47. The van der Waals surface area contributed by atoms with Crippen molar-refractivity contribution in [3.8, 4) is 0 Å². The average molecular weight is 325 g/mol. The molecule has 1 aliphatic rings. The van der Waals surface area contributed by atoms with Crippen LogP contribution in [0.4, 0.5) is 0 Å². The molecule has 0 aromatic heterocycles. The molecule has 3 aromatic carbocycles. The van der Waals surface area contributed by atoms with Gasteiger partial charge in [0.25, 0.3) is 0 Å². The molecular weight excluding hydrogens is 300 g/mol. The summed E-state index contributed by atoms with van der Waals surface area (Å²) in [5.41, 5.74) is 4.37. The van der Waals surface area contributed by atoms with Crippen molar-refractivity contribution in [3.05, 3.63) is 108 Å². The molecule has 25 heavy (non-hydrogen) atoms. The average Bonchev–Trinajstić information content (AvgIpc) is 2.71. The predicted molar refractivity (Wildman–Crippen MR) is 105 cm³/mol. The van der Waals surface area contributed by atoms with Gasteiger partial charge in [0.05, 0.1) is 0 Å². The molecule has 1 aliphatic carbocycles. The Bertz CT molecular complexity index is 729. The van der Waals surface area contributed by atoms with E-state index in [9.17, 15) is 0 Å². The highest BCUT2D eigenvalue weighted by Crippen LogP contribution is 2.51. The van der Waals surface area contributed by atoms with Crippen molar-refractivity contribution < 1.29 is 0 Å². The van der Waals surface area contributed by atoms with E-state index in [-0.39, 0.29) is 5.41 Å². The minimum atomic E-state index is 0.141. The normalized spacial score (nSPS) is 16.7. The van der Waals surface area contributed by atoms with E-state index in [1.165, 1.54) is 48.8 Å². The van der Waals surface area contributed by atoms with Crippen LogP contribution in [-0.4, -0.2) is 0 Å². The number of hydrogen-bond acceptors (Lipinski definition) is 0. The van der Waals surface area contributed by atoms with Crippen LogP contribution in [0.15, 0.2) is 84.9 Å². The fourth-order valence-electron chi connectivity index (χ4n) is 4.72. The van der Waals surface area contributed by atoms with Gasteiger partial charge in [-0.1, -0.05) is 104 Å². The van der Waals surface area contributed by atoms with Crippen molar-refractivity contribution >= 4 is 0 Å². The third kappa shape index (κ3) is 3.14. The van der Waals surface area contributed by atoms with Gasteiger partial charge < -0.3 is 0 Å². The third-order valence-corrected chi connectivity index (χ3v) is 5.81. The van der Waals surface area contributed by atoms with Crippen LogP contribution >= 0.6 is 0 Å².